The average Bonchev–Trinajstić information content (AvgIpc) is 2.35. The third kappa shape index (κ3) is 2.88. The largest absolute Gasteiger partial charge is 0.497 e. The molecule has 1 amide bonds. The highest BCUT2D eigenvalue weighted by molar-refractivity contribution is 6.02. The Bertz CT molecular complexity index is 461. The van der Waals surface area contributed by atoms with Gasteiger partial charge in [0.1, 0.15) is 5.75 Å². The van der Waals surface area contributed by atoms with Crippen molar-refractivity contribution in [1.82, 2.24) is 4.90 Å². The second-order valence-electron chi connectivity index (χ2n) is 5.11. The number of carbonyl (C=O) groups excluding carboxylic acids is 2. The first-order valence-electron chi connectivity index (χ1n) is 5.72. The molecule has 0 N–H and O–H groups in total. The van der Waals surface area contributed by atoms with Gasteiger partial charge in [0.2, 0.25) is 0 Å². The van der Waals surface area contributed by atoms with Gasteiger partial charge in [-0.25, -0.2) is 0 Å². The van der Waals surface area contributed by atoms with Crippen LogP contribution < -0.4 is 4.74 Å². The van der Waals surface area contributed by atoms with E-state index in [-0.39, 0.29) is 11.4 Å². The summed E-state index contributed by atoms with van der Waals surface area (Å²) >= 11 is 0. The minimum Gasteiger partial charge on any atom is -0.497 e. The second-order valence-corrected chi connectivity index (χ2v) is 5.11. The van der Waals surface area contributed by atoms with E-state index in [1.54, 1.807) is 30.1 Å². The van der Waals surface area contributed by atoms with Gasteiger partial charge in [0.25, 0.3) is 5.91 Å². The van der Waals surface area contributed by atoms with Crippen LogP contribution in [-0.4, -0.2) is 36.8 Å². The van der Waals surface area contributed by atoms with Gasteiger partial charge in [-0.1, -0.05) is 0 Å². The summed E-state index contributed by atoms with van der Waals surface area (Å²) in [5.41, 5.74) is 0.430. The highest BCUT2D eigenvalue weighted by Gasteiger charge is 2.25. The van der Waals surface area contributed by atoms with Crippen molar-refractivity contribution < 1.29 is 14.3 Å². The summed E-state index contributed by atoms with van der Waals surface area (Å²) < 4.78 is 5.08. The maximum absolute atomic E-state index is 12.4. The van der Waals surface area contributed by atoms with Crippen molar-refractivity contribution >= 4 is 12.2 Å². The number of methoxy groups -OCH3 is 1. The van der Waals surface area contributed by atoms with E-state index in [4.69, 9.17) is 4.74 Å². The first-order chi connectivity index (χ1) is 8.31. The van der Waals surface area contributed by atoms with Crippen molar-refractivity contribution in [2.75, 3.05) is 14.2 Å². The molecule has 0 aliphatic carbocycles. The normalized spacial score (nSPS) is 10.9. The summed E-state index contributed by atoms with van der Waals surface area (Å²) in [5, 5.41) is 0. The van der Waals surface area contributed by atoms with E-state index in [0.717, 1.165) is 0 Å². The van der Waals surface area contributed by atoms with E-state index in [9.17, 15) is 9.59 Å². The molecule has 1 aromatic carbocycles. The second kappa shape index (κ2) is 5.21. The molecule has 0 aliphatic heterocycles. The molecule has 0 atom stereocenters. The molecular formula is C14H19NO3. The molecule has 18 heavy (non-hydrogen) atoms. The third-order valence-corrected chi connectivity index (χ3v) is 2.93. The Balaban J connectivity index is 3.22. The third-order valence-electron chi connectivity index (χ3n) is 2.93. The summed E-state index contributed by atoms with van der Waals surface area (Å²) in [5.74, 6) is 0.370. The van der Waals surface area contributed by atoms with Crippen LogP contribution in [0.25, 0.3) is 0 Å². The van der Waals surface area contributed by atoms with Crippen molar-refractivity contribution in [2.45, 2.75) is 26.3 Å². The SMILES string of the molecule is COc1ccc(C=O)c(C(=O)N(C)C(C)(C)C)c1. The summed E-state index contributed by atoms with van der Waals surface area (Å²) in [7, 11) is 3.24. The molecule has 0 unspecified atom stereocenters. The van der Waals surface area contributed by atoms with Crippen molar-refractivity contribution in [1.29, 1.82) is 0 Å². The van der Waals surface area contributed by atoms with E-state index >= 15 is 0 Å². The Hall–Kier alpha value is -1.84. The first-order valence-corrected chi connectivity index (χ1v) is 5.72. The fourth-order valence-electron chi connectivity index (χ4n) is 1.44. The van der Waals surface area contributed by atoms with Crippen LogP contribution in [0.5, 0.6) is 5.75 Å². The van der Waals surface area contributed by atoms with Gasteiger partial charge in [-0.05, 0) is 39.0 Å². The van der Waals surface area contributed by atoms with E-state index in [2.05, 4.69) is 0 Å². The van der Waals surface area contributed by atoms with Gasteiger partial charge >= 0.3 is 0 Å². The van der Waals surface area contributed by atoms with Crippen LogP contribution in [0.4, 0.5) is 0 Å². The molecule has 98 valence electrons. The quantitative estimate of drug-likeness (QED) is 0.773. The zero-order chi connectivity index (χ0) is 13.9. The number of hydrogen-bond acceptors (Lipinski definition) is 3. The lowest BCUT2D eigenvalue weighted by atomic mass is 10.0. The number of amides is 1. The van der Waals surface area contributed by atoms with Gasteiger partial charge in [0, 0.05) is 18.2 Å². The maximum Gasteiger partial charge on any atom is 0.254 e. The molecule has 0 heterocycles. The molecule has 1 rings (SSSR count). The molecule has 0 bridgehead atoms. The smallest absolute Gasteiger partial charge is 0.254 e. The van der Waals surface area contributed by atoms with Crippen molar-refractivity contribution in [3.05, 3.63) is 29.3 Å². The van der Waals surface area contributed by atoms with Crippen LogP contribution in [0.2, 0.25) is 0 Å². The lowest BCUT2D eigenvalue weighted by Crippen LogP contribution is -2.42. The van der Waals surface area contributed by atoms with Gasteiger partial charge in [-0.2, -0.15) is 0 Å². The molecule has 0 aromatic heterocycles. The molecule has 4 nitrogen and oxygen atoms in total. The lowest BCUT2D eigenvalue weighted by molar-refractivity contribution is 0.0653. The fourth-order valence-corrected chi connectivity index (χ4v) is 1.44. The number of benzene rings is 1. The minimum absolute atomic E-state index is 0.191. The lowest BCUT2D eigenvalue weighted by Gasteiger charge is -2.32. The highest BCUT2D eigenvalue weighted by atomic mass is 16.5. The van der Waals surface area contributed by atoms with Crippen LogP contribution in [-0.2, 0) is 0 Å². The molecule has 0 radical (unpaired) electrons. The van der Waals surface area contributed by atoms with Gasteiger partial charge in [-0.15, -0.1) is 0 Å². The number of hydrogen-bond donors (Lipinski definition) is 0. The van der Waals surface area contributed by atoms with Gasteiger partial charge in [0.15, 0.2) is 6.29 Å². The number of nitrogens with zero attached hydrogens (tertiary/aromatic N) is 1. The topological polar surface area (TPSA) is 46.6 Å². The van der Waals surface area contributed by atoms with Crippen LogP contribution in [0.3, 0.4) is 0 Å². The molecule has 4 heteroatoms. The van der Waals surface area contributed by atoms with Gasteiger partial charge in [-0.3, -0.25) is 9.59 Å². The number of rotatable bonds is 3. The summed E-state index contributed by atoms with van der Waals surface area (Å²) in [4.78, 5) is 24.9. The molecule has 0 aliphatic rings. The van der Waals surface area contributed by atoms with Crippen molar-refractivity contribution in [3.8, 4) is 5.75 Å². The molecule has 1 aromatic rings. The van der Waals surface area contributed by atoms with Gasteiger partial charge < -0.3 is 9.64 Å². The van der Waals surface area contributed by atoms with Gasteiger partial charge in [0.05, 0.1) is 12.7 Å². The van der Waals surface area contributed by atoms with Crippen LogP contribution in [0, 0.1) is 0 Å². The number of ether oxygens (including phenoxy) is 1. The van der Waals surface area contributed by atoms with E-state index in [1.807, 2.05) is 20.8 Å². The zero-order valence-electron chi connectivity index (χ0n) is 11.5. The predicted molar refractivity (Wildman–Crippen MR) is 70.2 cm³/mol. The average molecular weight is 249 g/mol. The molecule has 0 saturated carbocycles. The van der Waals surface area contributed by atoms with E-state index in [0.29, 0.717) is 23.2 Å². The Labute approximate surface area is 108 Å². The Morgan fingerprint density at radius 3 is 2.39 bits per heavy atom. The highest BCUT2D eigenvalue weighted by Crippen LogP contribution is 2.21. The number of carbonyl (C=O) groups is 2. The molecule has 0 fully saturated rings. The van der Waals surface area contributed by atoms with Crippen LogP contribution in [0.1, 0.15) is 41.5 Å². The van der Waals surface area contributed by atoms with Crippen LogP contribution in [0.15, 0.2) is 18.2 Å². The maximum atomic E-state index is 12.4. The summed E-state index contributed by atoms with van der Waals surface area (Å²) in [6.07, 6.45) is 0.684. The minimum atomic E-state index is -0.305. The Morgan fingerprint density at radius 1 is 1.33 bits per heavy atom. The Kier molecular flexibility index (Phi) is 4.11. The van der Waals surface area contributed by atoms with Crippen molar-refractivity contribution in [3.63, 3.8) is 0 Å². The molecule has 0 saturated heterocycles. The monoisotopic (exact) mass is 249 g/mol. The Morgan fingerprint density at radius 2 is 1.94 bits per heavy atom. The van der Waals surface area contributed by atoms with Crippen molar-refractivity contribution in [2.24, 2.45) is 0 Å². The summed E-state index contributed by atoms with van der Waals surface area (Å²) in [6, 6.07) is 4.85. The van der Waals surface area contributed by atoms with E-state index in [1.165, 1.54) is 7.11 Å². The van der Waals surface area contributed by atoms with Crippen LogP contribution >= 0.6 is 0 Å². The molecular weight excluding hydrogens is 230 g/mol. The number of aldehydes is 1. The molecule has 0 spiro atoms. The fraction of sp³-hybridized carbons (Fsp3) is 0.429. The zero-order valence-corrected chi connectivity index (χ0v) is 11.5. The first kappa shape index (κ1) is 14.2. The standard InChI is InChI=1S/C14H19NO3/c1-14(2,3)15(4)13(17)12-8-11(18-5)7-6-10(12)9-16/h6-9H,1-5H3. The summed E-state index contributed by atoms with van der Waals surface area (Å²) in [6.45, 7) is 5.81. The van der Waals surface area contributed by atoms with E-state index < -0.39 is 0 Å². The predicted octanol–water partition coefficient (Wildman–Crippen LogP) is 2.38.